The molecule has 0 atom stereocenters. The third kappa shape index (κ3) is 5.94. The van der Waals surface area contributed by atoms with Gasteiger partial charge in [0.25, 0.3) is 0 Å². The topological polar surface area (TPSA) is 82.1 Å². The van der Waals surface area contributed by atoms with Gasteiger partial charge < -0.3 is 14.2 Å². The molecule has 31 heavy (non-hydrogen) atoms. The van der Waals surface area contributed by atoms with Crippen LogP contribution in [0.25, 0.3) is 6.08 Å². The molecule has 7 nitrogen and oxygen atoms in total. The Morgan fingerprint density at radius 3 is 2.42 bits per heavy atom. The lowest BCUT2D eigenvalue weighted by Crippen LogP contribution is -2.40. The Morgan fingerprint density at radius 2 is 1.77 bits per heavy atom. The molecule has 0 saturated carbocycles. The highest BCUT2D eigenvalue weighted by Gasteiger charge is 2.29. The van der Waals surface area contributed by atoms with Gasteiger partial charge in [-0.1, -0.05) is 35.4 Å². The second-order valence-corrected chi connectivity index (χ2v) is 9.27. The van der Waals surface area contributed by atoms with Gasteiger partial charge in [-0.3, -0.25) is 0 Å². The summed E-state index contributed by atoms with van der Waals surface area (Å²) in [5, 5.41) is 0. The van der Waals surface area contributed by atoms with E-state index in [1.165, 1.54) is 29.6 Å². The smallest absolute Gasteiger partial charge is 0.331 e. The summed E-state index contributed by atoms with van der Waals surface area (Å²) >= 11 is 0. The van der Waals surface area contributed by atoms with E-state index in [0.717, 1.165) is 16.7 Å². The lowest BCUT2D eigenvalue weighted by atomic mass is 10.1. The number of esters is 1. The minimum absolute atomic E-state index is 0.0580. The Morgan fingerprint density at radius 1 is 1.10 bits per heavy atom. The first kappa shape index (κ1) is 23.0. The molecule has 0 radical (unpaired) electrons. The zero-order valence-corrected chi connectivity index (χ0v) is 18.8. The molecule has 1 aliphatic heterocycles. The Bertz CT molecular complexity index is 1050. The van der Waals surface area contributed by atoms with Crippen molar-refractivity contribution in [1.82, 2.24) is 4.31 Å². The minimum Gasteiger partial charge on any atom is -0.495 e. The van der Waals surface area contributed by atoms with Gasteiger partial charge in [-0.25, -0.2) is 13.2 Å². The molecule has 1 aliphatic rings. The molecule has 2 aromatic rings. The fraction of sp³-hybridized carbons (Fsp3) is 0.348. The summed E-state index contributed by atoms with van der Waals surface area (Å²) in [6.07, 6.45) is 2.82. The maximum absolute atomic E-state index is 13.0. The zero-order chi connectivity index (χ0) is 22.4. The van der Waals surface area contributed by atoms with Gasteiger partial charge in [0.1, 0.15) is 17.3 Å². The molecule has 1 heterocycles. The van der Waals surface area contributed by atoms with Crippen LogP contribution in [0, 0.1) is 13.8 Å². The van der Waals surface area contributed by atoms with Crippen molar-refractivity contribution in [2.45, 2.75) is 25.3 Å². The third-order valence-electron chi connectivity index (χ3n) is 4.85. The number of methoxy groups -OCH3 is 1. The lowest BCUT2D eigenvalue weighted by molar-refractivity contribution is -0.138. The van der Waals surface area contributed by atoms with E-state index in [9.17, 15) is 13.2 Å². The summed E-state index contributed by atoms with van der Waals surface area (Å²) in [7, 11) is -2.32. The van der Waals surface area contributed by atoms with Crippen LogP contribution in [0.1, 0.15) is 22.3 Å². The fourth-order valence-electron chi connectivity index (χ4n) is 3.44. The van der Waals surface area contributed by atoms with Crippen molar-refractivity contribution in [1.29, 1.82) is 0 Å². The molecule has 0 aliphatic carbocycles. The molecular weight excluding hydrogens is 418 g/mol. The summed E-state index contributed by atoms with van der Waals surface area (Å²) in [4.78, 5) is 12.2. The van der Waals surface area contributed by atoms with Gasteiger partial charge >= 0.3 is 5.97 Å². The van der Waals surface area contributed by atoms with Crippen LogP contribution in [0.4, 0.5) is 0 Å². The van der Waals surface area contributed by atoms with Crippen LogP contribution in [-0.2, 0) is 30.9 Å². The number of nitrogens with zero attached hydrogens (tertiary/aromatic N) is 1. The number of carbonyl (C=O) groups excluding carboxylic acids is 1. The summed E-state index contributed by atoms with van der Waals surface area (Å²) in [5.41, 5.74) is 3.68. The molecule has 0 N–H and O–H groups in total. The number of hydrogen-bond acceptors (Lipinski definition) is 6. The largest absolute Gasteiger partial charge is 0.495 e. The number of benzene rings is 2. The normalized spacial score (nSPS) is 15.2. The average molecular weight is 446 g/mol. The lowest BCUT2D eigenvalue weighted by Gasteiger charge is -2.26. The Balaban J connectivity index is 1.73. The second kappa shape index (κ2) is 10.1. The first-order chi connectivity index (χ1) is 14.8. The van der Waals surface area contributed by atoms with Crippen LogP contribution in [0.3, 0.4) is 0 Å². The van der Waals surface area contributed by atoms with E-state index in [-0.39, 0.29) is 30.3 Å². The van der Waals surface area contributed by atoms with Gasteiger partial charge in [0.05, 0.1) is 20.3 Å². The van der Waals surface area contributed by atoms with Crippen LogP contribution < -0.4 is 4.74 Å². The fourth-order valence-corrected chi connectivity index (χ4v) is 5.04. The predicted octanol–water partition coefficient (Wildman–Crippen LogP) is 3.09. The highest BCUT2D eigenvalue weighted by Crippen LogP contribution is 2.28. The minimum atomic E-state index is -3.74. The average Bonchev–Trinajstić information content (AvgIpc) is 2.76. The molecule has 166 valence electrons. The number of ether oxygens (including phenoxy) is 3. The molecule has 3 rings (SSSR count). The number of sulfonamides is 1. The second-order valence-electron chi connectivity index (χ2n) is 7.36. The van der Waals surface area contributed by atoms with Crippen molar-refractivity contribution >= 4 is 22.1 Å². The summed E-state index contributed by atoms with van der Waals surface area (Å²) in [6.45, 7) is 5.44. The van der Waals surface area contributed by atoms with Crippen molar-refractivity contribution in [2.75, 3.05) is 33.4 Å². The quantitative estimate of drug-likeness (QED) is 0.481. The van der Waals surface area contributed by atoms with E-state index in [1.807, 2.05) is 26.0 Å². The van der Waals surface area contributed by atoms with E-state index >= 15 is 0 Å². The molecule has 0 bridgehead atoms. The maximum Gasteiger partial charge on any atom is 0.331 e. The molecule has 0 amide bonds. The standard InChI is InChI=1S/C23H27NO6S/c1-17-12-18(2)14-20(13-17)16-30-23(25)7-5-19-4-6-21(28-3)22(15-19)31(26,27)24-8-10-29-11-9-24/h4-7,12-15H,8-11,16H2,1-3H3/b7-5+. The van der Waals surface area contributed by atoms with E-state index in [2.05, 4.69) is 6.07 Å². The molecular formula is C23H27NO6S. The Hall–Kier alpha value is -2.68. The van der Waals surface area contributed by atoms with Crippen LogP contribution >= 0.6 is 0 Å². The molecule has 1 saturated heterocycles. The van der Waals surface area contributed by atoms with Crippen molar-refractivity contribution in [2.24, 2.45) is 0 Å². The molecule has 2 aromatic carbocycles. The molecule has 0 aromatic heterocycles. The molecule has 0 unspecified atom stereocenters. The maximum atomic E-state index is 13.0. The van der Waals surface area contributed by atoms with E-state index in [4.69, 9.17) is 14.2 Å². The zero-order valence-electron chi connectivity index (χ0n) is 18.0. The van der Waals surface area contributed by atoms with Gasteiger partial charge in [-0.2, -0.15) is 4.31 Å². The highest BCUT2D eigenvalue weighted by molar-refractivity contribution is 7.89. The van der Waals surface area contributed by atoms with Crippen molar-refractivity contribution < 1.29 is 27.4 Å². The van der Waals surface area contributed by atoms with Gasteiger partial charge in [-0.05, 0) is 43.2 Å². The number of aryl methyl sites for hydroxylation is 2. The van der Waals surface area contributed by atoms with Crippen molar-refractivity contribution in [3.63, 3.8) is 0 Å². The SMILES string of the molecule is COc1ccc(/C=C/C(=O)OCc2cc(C)cc(C)c2)cc1S(=O)(=O)N1CCOCC1. The first-order valence-electron chi connectivity index (χ1n) is 9.97. The molecule has 0 spiro atoms. The van der Waals surface area contributed by atoms with Gasteiger partial charge in [0.15, 0.2) is 0 Å². The number of rotatable bonds is 7. The van der Waals surface area contributed by atoms with Crippen LogP contribution in [0.15, 0.2) is 47.4 Å². The summed E-state index contributed by atoms with van der Waals surface area (Å²) < 4.78 is 43.3. The van der Waals surface area contributed by atoms with Gasteiger partial charge in [0, 0.05) is 19.2 Å². The van der Waals surface area contributed by atoms with Crippen molar-refractivity contribution in [3.8, 4) is 5.75 Å². The van der Waals surface area contributed by atoms with E-state index in [1.54, 1.807) is 12.1 Å². The predicted molar refractivity (Wildman–Crippen MR) is 117 cm³/mol. The van der Waals surface area contributed by atoms with E-state index < -0.39 is 16.0 Å². The van der Waals surface area contributed by atoms with Crippen LogP contribution in [0.2, 0.25) is 0 Å². The number of morpholine rings is 1. The van der Waals surface area contributed by atoms with Gasteiger partial charge in [0.2, 0.25) is 10.0 Å². The molecule has 1 fully saturated rings. The summed E-state index contributed by atoms with van der Waals surface area (Å²) in [6, 6.07) is 10.7. The molecule has 8 heteroatoms. The van der Waals surface area contributed by atoms with Gasteiger partial charge in [-0.15, -0.1) is 0 Å². The third-order valence-corrected chi connectivity index (χ3v) is 6.77. The highest BCUT2D eigenvalue weighted by atomic mass is 32.2. The Kier molecular flexibility index (Phi) is 7.48. The van der Waals surface area contributed by atoms with Crippen molar-refractivity contribution in [3.05, 3.63) is 64.7 Å². The first-order valence-corrected chi connectivity index (χ1v) is 11.4. The van der Waals surface area contributed by atoms with E-state index in [0.29, 0.717) is 18.8 Å². The van der Waals surface area contributed by atoms with Crippen LogP contribution in [0.5, 0.6) is 5.75 Å². The number of carbonyl (C=O) groups is 1. The summed E-state index contributed by atoms with van der Waals surface area (Å²) in [5.74, 6) is -0.256. The number of hydrogen-bond donors (Lipinski definition) is 0. The monoisotopic (exact) mass is 445 g/mol. The Labute approximate surface area is 183 Å². The van der Waals surface area contributed by atoms with Crippen LogP contribution in [-0.4, -0.2) is 52.1 Å².